The summed E-state index contributed by atoms with van der Waals surface area (Å²) in [6.07, 6.45) is -0.718. The Morgan fingerprint density at radius 1 is 0.905 bits per heavy atom. The average Bonchev–Trinajstić information content (AvgIpc) is 2.56. The third kappa shape index (κ3) is 4.58. The van der Waals surface area contributed by atoms with Gasteiger partial charge in [-0.05, 0) is 11.1 Å². The number of hydrogen-bond acceptors (Lipinski definition) is 4. The second-order valence-electron chi connectivity index (χ2n) is 4.94. The molecule has 0 aromatic heterocycles. The van der Waals surface area contributed by atoms with Crippen molar-refractivity contribution in [3.63, 3.8) is 0 Å². The van der Waals surface area contributed by atoms with Crippen LogP contribution in [-0.4, -0.2) is 28.7 Å². The van der Waals surface area contributed by atoms with E-state index in [0.29, 0.717) is 5.75 Å². The van der Waals surface area contributed by atoms with Crippen molar-refractivity contribution < 1.29 is 10.2 Å². The average molecular weight is 303 g/mol. The Balaban J connectivity index is 2.19. The third-order valence-corrected chi connectivity index (χ3v) is 4.82. The Hall–Kier alpha value is -1.33. The summed E-state index contributed by atoms with van der Waals surface area (Å²) in [5.41, 5.74) is 8.63. The third-order valence-electron chi connectivity index (χ3n) is 3.32. The summed E-state index contributed by atoms with van der Waals surface area (Å²) in [4.78, 5) is 0. The van der Waals surface area contributed by atoms with Crippen LogP contribution in [0.5, 0.6) is 0 Å². The van der Waals surface area contributed by atoms with Gasteiger partial charge in [-0.2, -0.15) is 0 Å². The molecule has 3 unspecified atom stereocenters. The smallest absolute Gasteiger partial charge is 0.0861 e. The van der Waals surface area contributed by atoms with Crippen molar-refractivity contribution in [3.05, 3.63) is 71.8 Å². The largest absolute Gasteiger partial charge is 0.394 e. The molecule has 2 aromatic rings. The number of hydrogen-bond donors (Lipinski definition) is 3. The molecule has 0 aliphatic carbocycles. The zero-order chi connectivity index (χ0) is 15.1. The van der Waals surface area contributed by atoms with Crippen LogP contribution in [0.15, 0.2) is 60.7 Å². The number of aliphatic hydroxyl groups is 2. The molecule has 3 nitrogen and oxygen atoms in total. The molecule has 0 radical (unpaired) electrons. The van der Waals surface area contributed by atoms with E-state index < -0.39 is 6.10 Å². The molecule has 3 atom stereocenters. The highest BCUT2D eigenvalue weighted by Crippen LogP contribution is 2.38. The normalized spacial score (nSPS) is 15.4. The molecule has 0 amide bonds. The Kier molecular flexibility index (Phi) is 6.26. The van der Waals surface area contributed by atoms with Crippen molar-refractivity contribution in [2.75, 3.05) is 12.4 Å². The SMILES string of the molecule is NC(c1ccccc1)C(SCC(O)CO)c1ccccc1. The topological polar surface area (TPSA) is 66.5 Å². The van der Waals surface area contributed by atoms with E-state index in [2.05, 4.69) is 0 Å². The monoisotopic (exact) mass is 303 g/mol. The predicted molar refractivity (Wildman–Crippen MR) is 88.1 cm³/mol. The van der Waals surface area contributed by atoms with Gasteiger partial charge in [-0.1, -0.05) is 60.7 Å². The van der Waals surface area contributed by atoms with E-state index in [1.54, 1.807) is 11.8 Å². The summed E-state index contributed by atoms with van der Waals surface area (Å²) in [6.45, 7) is -0.227. The van der Waals surface area contributed by atoms with Gasteiger partial charge >= 0.3 is 0 Å². The van der Waals surface area contributed by atoms with Gasteiger partial charge in [0.2, 0.25) is 0 Å². The second-order valence-corrected chi connectivity index (χ2v) is 6.11. The summed E-state index contributed by atoms with van der Waals surface area (Å²) in [7, 11) is 0. The summed E-state index contributed by atoms with van der Waals surface area (Å²) >= 11 is 1.58. The molecular formula is C17H21NO2S. The molecule has 0 heterocycles. The first kappa shape index (κ1) is 16.0. The van der Waals surface area contributed by atoms with Gasteiger partial charge < -0.3 is 15.9 Å². The van der Waals surface area contributed by atoms with Gasteiger partial charge in [0.1, 0.15) is 0 Å². The number of benzene rings is 2. The molecule has 0 aliphatic rings. The Morgan fingerprint density at radius 2 is 1.43 bits per heavy atom. The molecule has 0 fully saturated rings. The van der Waals surface area contributed by atoms with Gasteiger partial charge in [-0.15, -0.1) is 11.8 Å². The van der Waals surface area contributed by atoms with Gasteiger partial charge in [0, 0.05) is 17.0 Å². The van der Waals surface area contributed by atoms with Crippen molar-refractivity contribution in [2.24, 2.45) is 5.73 Å². The van der Waals surface area contributed by atoms with Crippen molar-refractivity contribution in [1.29, 1.82) is 0 Å². The standard InChI is InChI=1S/C17H21NO2S/c18-16(13-7-3-1-4-8-13)17(21-12-15(20)11-19)14-9-5-2-6-10-14/h1-10,15-17,19-20H,11-12,18H2. The fraction of sp³-hybridized carbons (Fsp3) is 0.294. The number of rotatable bonds is 7. The number of nitrogens with two attached hydrogens (primary N) is 1. The second kappa shape index (κ2) is 8.20. The minimum absolute atomic E-state index is 0.0369. The van der Waals surface area contributed by atoms with E-state index in [0.717, 1.165) is 11.1 Å². The van der Waals surface area contributed by atoms with Crippen LogP contribution in [0.1, 0.15) is 22.4 Å². The molecule has 0 bridgehead atoms. The fourth-order valence-corrected chi connectivity index (χ4v) is 3.42. The highest BCUT2D eigenvalue weighted by atomic mass is 32.2. The molecule has 4 N–H and O–H groups in total. The van der Waals surface area contributed by atoms with Gasteiger partial charge in [0.15, 0.2) is 0 Å². The Bertz CT molecular complexity index is 521. The number of thioether (sulfide) groups is 1. The summed E-state index contributed by atoms with van der Waals surface area (Å²) in [5, 5.41) is 18.6. The first-order valence-corrected chi connectivity index (χ1v) is 8.03. The zero-order valence-electron chi connectivity index (χ0n) is 11.8. The lowest BCUT2D eigenvalue weighted by molar-refractivity contribution is 0.113. The molecule has 0 saturated carbocycles. The first-order valence-electron chi connectivity index (χ1n) is 6.98. The maximum absolute atomic E-state index is 9.59. The summed E-state index contributed by atoms with van der Waals surface area (Å²) in [5.74, 6) is 0.455. The van der Waals surface area contributed by atoms with Gasteiger partial charge in [-0.25, -0.2) is 0 Å². The maximum atomic E-state index is 9.59. The lowest BCUT2D eigenvalue weighted by Gasteiger charge is -2.25. The van der Waals surface area contributed by atoms with Crippen LogP contribution in [0, 0.1) is 0 Å². The zero-order valence-corrected chi connectivity index (χ0v) is 12.6. The summed E-state index contributed by atoms with van der Waals surface area (Å²) < 4.78 is 0. The fourth-order valence-electron chi connectivity index (χ4n) is 2.17. The first-order chi connectivity index (χ1) is 10.2. The van der Waals surface area contributed by atoms with Crippen LogP contribution in [0.25, 0.3) is 0 Å². The van der Waals surface area contributed by atoms with Crippen LogP contribution in [0.2, 0.25) is 0 Å². The van der Waals surface area contributed by atoms with Gasteiger partial charge in [0.05, 0.1) is 12.7 Å². The highest BCUT2D eigenvalue weighted by Gasteiger charge is 2.22. The minimum atomic E-state index is -0.718. The lowest BCUT2D eigenvalue weighted by Crippen LogP contribution is -2.21. The molecule has 2 aromatic carbocycles. The summed E-state index contributed by atoms with van der Waals surface area (Å²) in [6, 6.07) is 19.8. The molecule has 0 aliphatic heterocycles. The van der Waals surface area contributed by atoms with Crippen molar-refractivity contribution >= 4 is 11.8 Å². The predicted octanol–water partition coefficient (Wildman–Crippen LogP) is 2.51. The van der Waals surface area contributed by atoms with Crippen molar-refractivity contribution in [2.45, 2.75) is 17.4 Å². The Labute approximate surface area is 129 Å². The minimum Gasteiger partial charge on any atom is -0.394 e. The van der Waals surface area contributed by atoms with Crippen LogP contribution < -0.4 is 5.73 Å². The van der Waals surface area contributed by atoms with E-state index in [-0.39, 0.29) is 17.9 Å². The lowest BCUT2D eigenvalue weighted by atomic mass is 9.99. The van der Waals surface area contributed by atoms with Crippen molar-refractivity contribution in [3.8, 4) is 0 Å². The van der Waals surface area contributed by atoms with Gasteiger partial charge in [-0.3, -0.25) is 0 Å². The van der Waals surface area contributed by atoms with Crippen molar-refractivity contribution in [1.82, 2.24) is 0 Å². The van der Waals surface area contributed by atoms with E-state index in [1.165, 1.54) is 0 Å². The Morgan fingerprint density at radius 3 is 1.95 bits per heavy atom. The molecule has 112 valence electrons. The van der Waals surface area contributed by atoms with E-state index >= 15 is 0 Å². The maximum Gasteiger partial charge on any atom is 0.0861 e. The van der Waals surface area contributed by atoms with E-state index in [4.69, 9.17) is 10.8 Å². The quantitative estimate of drug-likeness (QED) is 0.735. The van der Waals surface area contributed by atoms with E-state index in [1.807, 2.05) is 60.7 Å². The van der Waals surface area contributed by atoms with Crippen LogP contribution in [0.3, 0.4) is 0 Å². The molecule has 21 heavy (non-hydrogen) atoms. The van der Waals surface area contributed by atoms with E-state index in [9.17, 15) is 5.11 Å². The molecule has 4 heteroatoms. The van der Waals surface area contributed by atoms with Crippen LogP contribution in [-0.2, 0) is 0 Å². The van der Waals surface area contributed by atoms with Gasteiger partial charge in [0.25, 0.3) is 0 Å². The molecule has 0 saturated heterocycles. The highest BCUT2D eigenvalue weighted by molar-refractivity contribution is 7.99. The molecule has 0 spiro atoms. The molecule has 2 rings (SSSR count). The van der Waals surface area contributed by atoms with Crippen LogP contribution in [0.4, 0.5) is 0 Å². The molecular weight excluding hydrogens is 282 g/mol. The van der Waals surface area contributed by atoms with Crippen LogP contribution >= 0.6 is 11.8 Å². The number of aliphatic hydroxyl groups excluding tert-OH is 2.